The minimum Gasteiger partial charge on any atom is -0.466 e. The summed E-state index contributed by atoms with van der Waals surface area (Å²) in [7, 11) is -7.84. The Kier molecular flexibility index (Phi) is 22.1. The van der Waals surface area contributed by atoms with Crippen LogP contribution in [0.15, 0.2) is 60.7 Å². The molecular formula is C38H64N2O13Si4. The Morgan fingerprint density at radius 2 is 1.07 bits per heavy atom. The molecule has 2 atom stereocenters. The van der Waals surface area contributed by atoms with Gasteiger partial charge >= 0.3 is 46.7 Å². The van der Waals surface area contributed by atoms with E-state index in [4.69, 9.17) is 39.5 Å². The minimum atomic E-state index is -3.79. The molecule has 0 heterocycles. The van der Waals surface area contributed by atoms with Gasteiger partial charge in [-0.3, -0.25) is 19.2 Å². The fraction of sp³-hybridized carbons (Fsp3) is 0.579. The predicted molar refractivity (Wildman–Crippen MR) is 224 cm³/mol. The van der Waals surface area contributed by atoms with Crippen LogP contribution in [0.4, 0.5) is 0 Å². The third-order valence-electron chi connectivity index (χ3n) is 8.97. The number of esters is 2. The lowest BCUT2D eigenvalue weighted by Crippen LogP contribution is -2.73. The van der Waals surface area contributed by atoms with Gasteiger partial charge in [0.2, 0.25) is 0 Å². The van der Waals surface area contributed by atoms with Crippen molar-refractivity contribution in [1.29, 1.82) is 0 Å². The second kappa shape index (κ2) is 25.0. The standard InChI is InChI=1S/C38H64N2O13Si4/c1-11-49-37(43)30-36(38(44)50-12-2)40-26-20-28-56(47-7,48-8)53-57(33-21-15-13-16-22-33,34-23-17-14-18-24-34)52-54(9,10)51-55(45-5,46-6)27-19-25-39-35(32(4)42)29-31(3)41/h13-18,21-24,35-36,39-40H,11-12,19-20,25-30H2,1-10H3. The van der Waals surface area contributed by atoms with E-state index in [0.717, 1.165) is 10.4 Å². The predicted octanol–water partition coefficient (Wildman–Crippen LogP) is 3.24. The fourth-order valence-electron chi connectivity index (χ4n) is 6.22. The molecule has 0 spiro atoms. The first-order chi connectivity index (χ1) is 27.1. The molecule has 19 heteroatoms. The fourth-order valence-corrected chi connectivity index (χ4v) is 22.8. The number of carbonyl (C=O) groups is 4. The van der Waals surface area contributed by atoms with E-state index in [-0.39, 0.29) is 37.6 Å². The maximum atomic E-state index is 12.7. The van der Waals surface area contributed by atoms with E-state index in [2.05, 4.69) is 10.6 Å². The second-order valence-electron chi connectivity index (χ2n) is 13.7. The van der Waals surface area contributed by atoms with Gasteiger partial charge < -0.3 is 50.2 Å². The van der Waals surface area contributed by atoms with Crippen molar-refractivity contribution in [3.8, 4) is 0 Å². The molecule has 57 heavy (non-hydrogen) atoms. The molecule has 15 nitrogen and oxygen atoms in total. The summed E-state index contributed by atoms with van der Waals surface area (Å²) in [6.07, 6.45) is 0.947. The van der Waals surface area contributed by atoms with Gasteiger partial charge in [-0.1, -0.05) is 60.7 Å². The summed E-state index contributed by atoms with van der Waals surface area (Å²) in [5, 5.41) is 7.93. The Labute approximate surface area is 343 Å². The zero-order chi connectivity index (χ0) is 42.5. The van der Waals surface area contributed by atoms with E-state index >= 15 is 0 Å². The van der Waals surface area contributed by atoms with Gasteiger partial charge in [0, 0.05) is 46.9 Å². The molecule has 2 N–H and O–H groups in total. The van der Waals surface area contributed by atoms with Crippen LogP contribution in [0.5, 0.6) is 0 Å². The number of carbonyl (C=O) groups excluding carboxylic acids is 4. The maximum Gasteiger partial charge on any atom is 0.491 e. The van der Waals surface area contributed by atoms with E-state index in [9.17, 15) is 19.2 Å². The van der Waals surface area contributed by atoms with Crippen molar-refractivity contribution in [3.05, 3.63) is 60.7 Å². The Hall–Kier alpha value is -2.77. The highest BCUT2D eigenvalue weighted by atomic mass is 28.5. The summed E-state index contributed by atoms with van der Waals surface area (Å²) < 4.78 is 56.3. The van der Waals surface area contributed by atoms with E-state index < -0.39 is 58.8 Å². The molecule has 0 bridgehead atoms. The third kappa shape index (κ3) is 16.1. The first-order valence-electron chi connectivity index (χ1n) is 19.3. The SMILES string of the molecule is CCOC(=O)CC(NCCC[Si](OC)(OC)O[Si](O[Si](C)(C)O[Si](CCCNC(CC(C)=O)C(C)=O)(OC)OC)(c1ccccc1)c1ccccc1)C(=O)OCC. The molecule has 0 radical (unpaired) electrons. The van der Waals surface area contributed by atoms with Crippen LogP contribution in [0.2, 0.25) is 25.2 Å². The number of hydrogen-bond acceptors (Lipinski definition) is 15. The number of ketones is 2. The lowest BCUT2D eigenvalue weighted by molar-refractivity contribution is -0.152. The third-order valence-corrected chi connectivity index (χ3v) is 24.3. The molecule has 2 rings (SSSR count). The number of Topliss-reactive ketones (excluding diaryl/α,β-unsaturated/α-hetero) is 2. The van der Waals surface area contributed by atoms with Gasteiger partial charge in [-0.2, -0.15) is 0 Å². The first-order valence-corrected chi connectivity index (χ1v) is 27.8. The van der Waals surface area contributed by atoms with Gasteiger partial charge in [-0.15, -0.1) is 0 Å². The van der Waals surface area contributed by atoms with Crippen LogP contribution < -0.4 is 21.0 Å². The molecule has 0 aliphatic carbocycles. The maximum absolute atomic E-state index is 12.7. The van der Waals surface area contributed by atoms with Gasteiger partial charge in [-0.25, -0.2) is 0 Å². The molecule has 2 unspecified atom stereocenters. The zero-order valence-electron chi connectivity index (χ0n) is 35.3. The van der Waals surface area contributed by atoms with E-state index in [1.165, 1.54) is 13.8 Å². The number of rotatable bonds is 30. The Balaban J connectivity index is 2.48. The zero-order valence-corrected chi connectivity index (χ0v) is 39.3. The molecule has 0 aliphatic rings. The molecule has 0 saturated carbocycles. The summed E-state index contributed by atoms with van der Waals surface area (Å²) in [6.45, 7) is 11.3. The Morgan fingerprint density at radius 1 is 0.614 bits per heavy atom. The second-order valence-corrected chi connectivity index (χ2v) is 26.7. The number of hydrogen-bond donors (Lipinski definition) is 2. The van der Waals surface area contributed by atoms with Crippen molar-refractivity contribution in [2.45, 2.75) is 90.6 Å². The van der Waals surface area contributed by atoms with Crippen LogP contribution >= 0.6 is 0 Å². The van der Waals surface area contributed by atoms with Crippen molar-refractivity contribution in [3.63, 3.8) is 0 Å². The summed E-state index contributed by atoms with van der Waals surface area (Å²) in [6, 6.07) is 18.7. The Morgan fingerprint density at radius 3 is 1.49 bits per heavy atom. The lowest BCUT2D eigenvalue weighted by Gasteiger charge is -2.44. The molecule has 0 amide bonds. The topological polar surface area (TPSA) is 175 Å². The van der Waals surface area contributed by atoms with Crippen LogP contribution in [-0.4, -0.2) is 125 Å². The molecule has 320 valence electrons. The van der Waals surface area contributed by atoms with Crippen LogP contribution in [0.3, 0.4) is 0 Å². The van der Waals surface area contributed by atoms with Crippen molar-refractivity contribution >= 4 is 68.6 Å². The quantitative estimate of drug-likeness (QED) is 0.0665. The van der Waals surface area contributed by atoms with E-state index in [0.29, 0.717) is 38.0 Å². The lowest BCUT2D eigenvalue weighted by atomic mass is 10.1. The van der Waals surface area contributed by atoms with Gasteiger partial charge in [-0.05, 0) is 77.1 Å². The highest BCUT2D eigenvalue weighted by molar-refractivity contribution is 7.01. The average molecular weight is 869 g/mol. The van der Waals surface area contributed by atoms with Crippen molar-refractivity contribution < 1.29 is 58.7 Å². The minimum absolute atomic E-state index is 0.0699. The van der Waals surface area contributed by atoms with Crippen LogP contribution in [0.1, 0.15) is 53.4 Å². The summed E-state index contributed by atoms with van der Waals surface area (Å²) in [4.78, 5) is 48.8. The monoisotopic (exact) mass is 868 g/mol. The van der Waals surface area contributed by atoms with E-state index in [1.54, 1.807) is 42.3 Å². The average Bonchev–Trinajstić information content (AvgIpc) is 3.19. The summed E-state index contributed by atoms with van der Waals surface area (Å²) in [5.41, 5.74) is 0. The molecular weight excluding hydrogens is 805 g/mol. The summed E-state index contributed by atoms with van der Waals surface area (Å²) in [5.74, 6) is -1.22. The smallest absolute Gasteiger partial charge is 0.466 e. The van der Waals surface area contributed by atoms with E-state index in [1.807, 2.05) is 73.8 Å². The Bertz CT molecular complexity index is 1480. The van der Waals surface area contributed by atoms with Crippen LogP contribution in [0.25, 0.3) is 0 Å². The first kappa shape index (κ1) is 50.4. The van der Waals surface area contributed by atoms with Crippen molar-refractivity contribution in [2.75, 3.05) is 54.7 Å². The number of nitrogens with one attached hydrogen (secondary N) is 2. The van der Waals surface area contributed by atoms with Crippen LogP contribution in [-0.2, 0) is 58.7 Å². The van der Waals surface area contributed by atoms with Gasteiger partial charge in [0.05, 0.1) is 25.7 Å². The normalized spacial score (nSPS) is 13.5. The van der Waals surface area contributed by atoms with Gasteiger partial charge in [0.15, 0.2) is 0 Å². The van der Waals surface area contributed by atoms with Crippen LogP contribution in [0, 0.1) is 0 Å². The summed E-state index contributed by atoms with van der Waals surface area (Å²) >= 11 is 0. The van der Waals surface area contributed by atoms with Gasteiger partial charge in [0.1, 0.15) is 17.6 Å². The molecule has 2 aromatic rings. The largest absolute Gasteiger partial charge is 0.491 e. The highest BCUT2D eigenvalue weighted by Gasteiger charge is 2.57. The number of benzene rings is 2. The molecule has 2 aromatic carbocycles. The molecule has 0 saturated heterocycles. The molecule has 0 aromatic heterocycles. The molecule has 0 fully saturated rings. The number of ether oxygens (including phenoxy) is 2. The molecule has 0 aliphatic heterocycles. The highest BCUT2D eigenvalue weighted by Crippen LogP contribution is 2.29. The van der Waals surface area contributed by atoms with Crippen molar-refractivity contribution in [1.82, 2.24) is 10.6 Å². The van der Waals surface area contributed by atoms with Gasteiger partial charge in [0.25, 0.3) is 0 Å². The van der Waals surface area contributed by atoms with Crippen molar-refractivity contribution in [2.24, 2.45) is 0 Å².